The number of carbonyl (C=O) groups excluding carboxylic acids is 1. The maximum absolute atomic E-state index is 12.1. The molecule has 6 nitrogen and oxygen atoms in total. The van der Waals surface area contributed by atoms with Crippen LogP contribution in [0.3, 0.4) is 0 Å². The van der Waals surface area contributed by atoms with Crippen molar-refractivity contribution < 1.29 is 19.0 Å². The third-order valence-corrected chi connectivity index (χ3v) is 5.31. The predicted octanol–water partition coefficient (Wildman–Crippen LogP) is 5.23. The molecule has 0 saturated carbocycles. The van der Waals surface area contributed by atoms with Gasteiger partial charge in [0.25, 0.3) is 5.91 Å². The van der Waals surface area contributed by atoms with E-state index in [1.807, 2.05) is 56.3 Å². The summed E-state index contributed by atoms with van der Waals surface area (Å²) >= 11 is 3.45. The SMILES string of the molecule is COc1cc(/C=N/NC(=O)COc2c(C)cc(Br)cc2C)ccc1OCCc1ccccc1. The summed E-state index contributed by atoms with van der Waals surface area (Å²) in [4.78, 5) is 12.1. The third kappa shape index (κ3) is 7.36. The first-order valence-electron chi connectivity index (χ1n) is 10.5. The van der Waals surface area contributed by atoms with Crippen molar-refractivity contribution in [2.24, 2.45) is 5.10 Å². The van der Waals surface area contributed by atoms with E-state index in [0.717, 1.165) is 27.6 Å². The maximum atomic E-state index is 12.1. The number of hydrogen-bond donors (Lipinski definition) is 1. The zero-order valence-corrected chi connectivity index (χ0v) is 20.5. The number of carbonyl (C=O) groups is 1. The van der Waals surface area contributed by atoms with Crippen molar-refractivity contribution in [2.45, 2.75) is 20.3 Å². The molecule has 7 heteroatoms. The molecule has 1 amide bonds. The van der Waals surface area contributed by atoms with Crippen LogP contribution in [0.15, 0.2) is 70.2 Å². The highest BCUT2D eigenvalue weighted by atomic mass is 79.9. The number of benzene rings is 3. The number of methoxy groups -OCH3 is 1. The monoisotopic (exact) mass is 510 g/mol. The molecule has 0 unspecified atom stereocenters. The van der Waals surface area contributed by atoms with E-state index < -0.39 is 0 Å². The average molecular weight is 511 g/mol. The molecule has 0 aromatic heterocycles. The number of aryl methyl sites for hydroxylation is 2. The second kappa shape index (κ2) is 12.1. The largest absolute Gasteiger partial charge is 0.493 e. The molecule has 0 radical (unpaired) electrons. The van der Waals surface area contributed by atoms with Gasteiger partial charge in [0.15, 0.2) is 18.1 Å². The fourth-order valence-corrected chi connectivity index (χ4v) is 3.97. The van der Waals surface area contributed by atoms with Crippen LogP contribution in [0.1, 0.15) is 22.3 Å². The molecule has 0 fully saturated rings. The van der Waals surface area contributed by atoms with Gasteiger partial charge in [-0.2, -0.15) is 5.10 Å². The Morgan fingerprint density at radius 1 is 1.00 bits per heavy atom. The fraction of sp³-hybridized carbons (Fsp3) is 0.231. The minimum absolute atomic E-state index is 0.127. The highest BCUT2D eigenvalue weighted by Gasteiger charge is 2.09. The van der Waals surface area contributed by atoms with Crippen LogP contribution >= 0.6 is 15.9 Å². The van der Waals surface area contributed by atoms with Crippen LogP contribution in [0.25, 0.3) is 0 Å². The van der Waals surface area contributed by atoms with Gasteiger partial charge in [-0.1, -0.05) is 46.3 Å². The lowest BCUT2D eigenvalue weighted by Crippen LogP contribution is -2.25. The van der Waals surface area contributed by atoms with Gasteiger partial charge >= 0.3 is 0 Å². The standard InChI is InChI=1S/C26H27BrN2O4/c1-18-13-22(27)14-19(2)26(18)33-17-25(30)29-28-16-21-9-10-23(24(15-21)31-3)32-12-11-20-7-5-4-6-8-20/h4-10,13-16H,11-12,17H2,1-3H3,(H,29,30)/b28-16+. The minimum atomic E-state index is -0.346. The van der Waals surface area contributed by atoms with E-state index in [2.05, 4.69) is 38.6 Å². The van der Waals surface area contributed by atoms with Crippen LogP contribution in [-0.2, 0) is 11.2 Å². The molecule has 3 rings (SSSR count). The van der Waals surface area contributed by atoms with Crippen molar-refractivity contribution in [1.82, 2.24) is 5.43 Å². The van der Waals surface area contributed by atoms with E-state index in [-0.39, 0.29) is 12.5 Å². The summed E-state index contributed by atoms with van der Waals surface area (Å²) < 4.78 is 17.9. The van der Waals surface area contributed by atoms with Crippen molar-refractivity contribution in [3.8, 4) is 17.2 Å². The van der Waals surface area contributed by atoms with E-state index in [0.29, 0.717) is 23.9 Å². The van der Waals surface area contributed by atoms with Gasteiger partial charge < -0.3 is 14.2 Å². The highest BCUT2D eigenvalue weighted by Crippen LogP contribution is 2.28. The Balaban J connectivity index is 1.50. The van der Waals surface area contributed by atoms with Crippen molar-refractivity contribution >= 4 is 28.1 Å². The molecule has 0 atom stereocenters. The number of rotatable bonds is 10. The summed E-state index contributed by atoms with van der Waals surface area (Å²) in [5, 5.41) is 4.01. The molecule has 1 N–H and O–H groups in total. The van der Waals surface area contributed by atoms with Crippen LogP contribution in [-0.4, -0.2) is 32.4 Å². The minimum Gasteiger partial charge on any atom is -0.493 e. The van der Waals surface area contributed by atoms with Gasteiger partial charge in [-0.15, -0.1) is 0 Å². The molecular formula is C26H27BrN2O4. The van der Waals surface area contributed by atoms with Crippen LogP contribution < -0.4 is 19.6 Å². The van der Waals surface area contributed by atoms with Crippen molar-refractivity contribution in [2.75, 3.05) is 20.3 Å². The maximum Gasteiger partial charge on any atom is 0.277 e. The van der Waals surface area contributed by atoms with E-state index in [1.165, 1.54) is 5.56 Å². The molecule has 172 valence electrons. The van der Waals surface area contributed by atoms with Crippen LogP contribution in [0.4, 0.5) is 0 Å². The zero-order valence-electron chi connectivity index (χ0n) is 18.9. The summed E-state index contributed by atoms with van der Waals surface area (Å²) in [6, 6.07) is 19.5. The Kier molecular flexibility index (Phi) is 8.89. The van der Waals surface area contributed by atoms with Crippen LogP contribution in [0.2, 0.25) is 0 Å². The summed E-state index contributed by atoms with van der Waals surface area (Å²) in [5.74, 6) is 1.61. The first kappa shape index (κ1) is 24.3. The summed E-state index contributed by atoms with van der Waals surface area (Å²) in [5.41, 5.74) is 6.37. The molecule has 0 bridgehead atoms. The second-order valence-electron chi connectivity index (χ2n) is 7.44. The highest BCUT2D eigenvalue weighted by molar-refractivity contribution is 9.10. The average Bonchev–Trinajstić information content (AvgIpc) is 2.79. The van der Waals surface area contributed by atoms with E-state index in [9.17, 15) is 4.79 Å². The quantitative estimate of drug-likeness (QED) is 0.299. The number of hydrogen-bond acceptors (Lipinski definition) is 5. The summed E-state index contributed by atoms with van der Waals surface area (Å²) in [6.07, 6.45) is 2.35. The molecule has 3 aromatic carbocycles. The van der Waals surface area contributed by atoms with Crippen LogP contribution in [0, 0.1) is 13.8 Å². The Morgan fingerprint density at radius 3 is 2.42 bits per heavy atom. The Labute approximate surface area is 202 Å². The van der Waals surface area contributed by atoms with Crippen LogP contribution in [0.5, 0.6) is 17.2 Å². The molecular weight excluding hydrogens is 484 g/mol. The molecule has 0 aliphatic heterocycles. The van der Waals surface area contributed by atoms with Crippen molar-refractivity contribution in [3.63, 3.8) is 0 Å². The summed E-state index contributed by atoms with van der Waals surface area (Å²) in [7, 11) is 1.59. The van der Waals surface area contributed by atoms with Gasteiger partial charge in [0.1, 0.15) is 5.75 Å². The number of hydrazone groups is 1. The fourth-order valence-electron chi connectivity index (χ4n) is 3.28. The number of amides is 1. The first-order chi connectivity index (χ1) is 16.0. The summed E-state index contributed by atoms with van der Waals surface area (Å²) in [6.45, 7) is 4.29. The van der Waals surface area contributed by atoms with Gasteiger partial charge in [0, 0.05) is 10.9 Å². The lowest BCUT2D eigenvalue weighted by atomic mass is 10.1. The predicted molar refractivity (Wildman–Crippen MR) is 133 cm³/mol. The lowest BCUT2D eigenvalue weighted by molar-refractivity contribution is -0.123. The molecule has 33 heavy (non-hydrogen) atoms. The van der Waals surface area contributed by atoms with Crippen molar-refractivity contribution in [1.29, 1.82) is 0 Å². The number of halogens is 1. The Hall–Kier alpha value is -3.32. The number of ether oxygens (including phenoxy) is 3. The van der Waals surface area contributed by atoms with Gasteiger partial charge in [0.2, 0.25) is 0 Å². The third-order valence-electron chi connectivity index (χ3n) is 4.85. The van der Waals surface area contributed by atoms with E-state index >= 15 is 0 Å². The molecule has 0 saturated heterocycles. The molecule has 3 aromatic rings. The molecule has 0 aliphatic carbocycles. The smallest absolute Gasteiger partial charge is 0.277 e. The zero-order chi connectivity index (χ0) is 23.6. The van der Waals surface area contributed by atoms with E-state index in [4.69, 9.17) is 14.2 Å². The Bertz CT molecular complexity index is 1090. The lowest BCUT2D eigenvalue weighted by Gasteiger charge is -2.12. The Morgan fingerprint density at radius 2 is 1.73 bits per heavy atom. The number of nitrogens with one attached hydrogen (secondary N) is 1. The van der Waals surface area contributed by atoms with Gasteiger partial charge in [-0.25, -0.2) is 5.43 Å². The molecule has 0 spiro atoms. The normalized spacial score (nSPS) is 10.8. The molecule has 0 heterocycles. The van der Waals surface area contributed by atoms with E-state index in [1.54, 1.807) is 19.4 Å². The first-order valence-corrected chi connectivity index (χ1v) is 11.3. The van der Waals surface area contributed by atoms with Gasteiger partial charge in [0.05, 0.1) is 19.9 Å². The molecule has 0 aliphatic rings. The van der Waals surface area contributed by atoms with Crippen molar-refractivity contribution in [3.05, 3.63) is 87.4 Å². The van der Waals surface area contributed by atoms with Gasteiger partial charge in [-0.05, 0) is 66.4 Å². The topological polar surface area (TPSA) is 69.2 Å². The number of nitrogens with zero attached hydrogens (tertiary/aromatic N) is 1. The second-order valence-corrected chi connectivity index (χ2v) is 8.36. The van der Waals surface area contributed by atoms with Gasteiger partial charge in [-0.3, -0.25) is 4.79 Å².